The minimum Gasteiger partial charge on any atom is -0.497 e. The van der Waals surface area contributed by atoms with Crippen LogP contribution in [0.1, 0.15) is 29.5 Å². The van der Waals surface area contributed by atoms with Crippen LogP contribution in [0.15, 0.2) is 47.5 Å². The zero-order valence-corrected chi connectivity index (χ0v) is 14.0. The monoisotopic (exact) mass is 308 g/mol. The molecule has 0 radical (unpaired) electrons. The number of aliphatic imine (C=N–C) groups is 1. The molecule has 0 atom stereocenters. The van der Waals surface area contributed by atoms with E-state index in [4.69, 9.17) is 4.74 Å². The Morgan fingerprint density at radius 1 is 1.09 bits per heavy atom. The molecule has 1 fully saturated rings. The highest BCUT2D eigenvalue weighted by molar-refractivity contribution is 5.81. The standard InChI is InChI=1S/C20H24N2O/c1-16-13-18(7-10-20(16)22-11-3-4-12-22)15-21-14-17-5-8-19(23-2)9-6-17/h5-10,13,15H,3-4,11-12,14H2,1-2H3. The summed E-state index contributed by atoms with van der Waals surface area (Å²) in [5.74, 6) is 0.880. The Morgan fingerprint density at radius 2 is 1.83 bits per heavy atom. The van der Waals surface area contributed by atoms with Crippen molar-refractivity contribution >= 4 is 11.9 Å². The summed E-state index contributed by atoms with van der Waals surface area (Å²) in [6.07, 6.45) is 4.58. The Labute approximate surface area is 138 Å². The van der Waals surface area contributed by atoms with Gasteiger partial charge in [-0.2, -0.15) is 0 Å². The first-order chi connectivity index (χ1) is 11.3. The fraction of sp³-hybridized carbons (Fsp3) is 0.350. The lowest BCUT2D eigenvalue weighted by Crippen LogP contribution is -2.18. The van der Waals surface area contributed by atoms with Crippen LogP contribution in [0.5, 0.6) is 5.75 Å². The summed E-state index contributed by atoms with van der Waals surface area (Å²) in [4.78, 5) is 7.04. The van der Waals surface area contributed by atoms with Gasteiger partial charge >= 0.3 is 0 Å². The molecule has 1 heterocycles. The molecular formula is C20H24N2O. The summed E-state index contributed by atoms with van der Waals surface area (Å²) < 4.78 is 5.17. The number of hydrogen-bond donors (Lipinski definition) is 0. The third-order valence-electron chi connectivity index (χ3n) is 4.34. The van der Waals surface area contributed by atoms with Crippen molar-refractivity contribution < 1.29 is 4.74 Å². The quantitative estimate of drug-likeness (QED) is 0.772. The number of methoxy groups -OCH3 is 1. The summed E-state index contributed by atoms with van der Waals surface area (Å²) in [5.41, 5.74) is 5.06. The van der Waals surface area contributed by atoms with E-state index in [9.17, 15) is 0 Å². The summed E-state index contributed by atoms with van der Waals surface area (Å²) in [7, 11) is 1.68. The number of ether oxygens (including phenoxy) is 1. The Kier molecular flexibility index (Phi) is 4.96. The van der Waals surface area contributed by atoms with Gasteiger partial charge in [-0.1, -0.05) is 18.2 Å². The molecule has 2 aromatic carbocycles. The van der Waals surface area contributed by atoms with Crippen LogP contribution in [0.2, 0.25) is 0 Å². The molecule has 1 aliphatic heterocycles. The van der Waals surface area contributed by atoms with Crippen molar-refractivity contribution in [3.63, 3.8) is 0 Å². The molecule has 3 rings (SSSR count). The van der Waals surface area contributed by atoms with Crippen molar-refractivity contribution in [2.75, 3.05) is 25.1 Å². The zero-order chi connectivity index (χ0) is 16.1. The lowest BCUT2D eigenvalue weighted by molar-refractivity contribution is 0.414. The van der Waals surface area contributed by atoms with E-state index >= 15 is 0 Å². The smallest absolute Gasteiger partial charge is 0.118 e. The summed E-state index contributed by atoms with van der Waals surface area (Å²) in [5, 5.41) is 0. The van der Waals surface area contributed by atoms with Gasteiger partial charge in [0.1, 0.15) is 5.75 Å². The van der Waals surface area contributed by atoms with E-state index in [1.165, 1.54) is 48.3 Å². The van der Waals surface area contributed by atoms with E-state index < -0.39 is 0 Å². The van der Waals surface area contributed by atoms with Gasteiger partial charge in [-0.15, -0.1) is 0 Å². The molecule has 0 N–H and O–H groups in total. The van der Waals surface area contributed by atoms with Crippen LogP contribution in [-0.2, 0) is 6.54 Å². The Balaban J connectivity index is 1.63. The third-order valence-corrected chi connectivity index (χ3v) is 4.34. The topological polar surface area (TPSA) is 24.8 Å². The first-order valence-corrected chi connectivity index (χ1v) is 8.24. The van der Waals surface area contributed by atoms with Crippen LogP contribution in [0.4, 0.5) is 5.69 Å². The average Bonchev–Trinajstić information content (AvgIpc) is 3.10. The van der Waals surface area contributed by atoms with Crippen molar-refractivity contribution in [3.8, 4) is 5.75 Å². The van der Waals surface area contributed by atoms with Crippen LogP contribution < -0.4 is 9.64 Å². The van der Waals surface area contributed by atoms with Crippen molar-refractivity contribution in [1.29, 1.82) is 0 Å². The molecule has 0 amide bonds. The molecule has 1 aliphatic rings. The molecule has 2 aromatic rings. The normalized spacial score (nSPS) is 14.6. The molecule has 0 aliphatic carbocycles. The fourth-order valence-electron chi connectivity index (χ4n) is 3.06. The number of aryl methyl sites for hydroxylation is 1. The van der Waals surface area contributed by atoms with E-state index in [1.807, 2.05) is 18.3 Å². The molecule has 1 saturated heterocycles. The van der Waals surface area contributed by atoms with Crippen molar-refractivity contribution in [2.45, 2.75) is 26.3 Å². The van der Waals surface area contributed by atoms with E-state index in [0.717, 1.165) is 5.75 Å². The van der Waals surface area contributed by atoms with Gasteiger partial charge in [0, 0.05) is 25.0 Å². The van der Waals surface area contributed by atoms with Gasteiger partial charge in [0.2, 0.25) is 0 Å². The Morgan fingerprint density at radius 3 is 2.48 bits per heavy atom. The second-order valence-electron chi connectivity index (χ2n) is 6.06. The lowest BCUT2D eigenvalue weighted by atomic mass is 10.1. The minimum absolute atomic E-state index is 0.691. The zero-order valence-electron chi connectivity index (χ0n) is 14.0. The number of hydrogen-bond acceptors (Lipinski definition) is 3. The molecule has 0 saturated carbocycles. The first-order valence-electron chi connectivity index (χ1n) is 8.24. The first kappa shape index (κ1) is 15.6. The van der Waals surface area contributed by atoms with Crippen LogP contribution in [0.3, 0.4) is 0 Å². The van der Waals surface area contributed by atoms with Crippen LogP contribution in [0.25, 0.3) is 0 Å². The fourth-order valence-corrected chi connectivity index (χ4v) is 3.06. The average molecular weight is 308 g/mol. The molecule has 120 valence electrons. The molecule has 3 heteroatoms. The molecule has 0 spiro atoms. The second-order valence-corrected chi connectivity index (χ2v) is 6.06. The van der Waals surface area contributed by atoms with Gasteiger partial charge in [0.25, 0.3) is 0 Å². The highest BCUT2D eigenvalue weighted by Crippen LogP contribution is 2.24. The van der Waals surface area contributed by atoms with E-state index in [0.29, 0.717) is 6.54 Å². The van der Waals surface area contributed by atoms with Crippen LogP contribution in [0, 0.1) is 6.92 Å². The summed E-state index contributed by atoms with van der Waals surface area (Å²) >= 11 is 0. The number of benzene rings is 2. The SMILES string of the molecule is COc1ccc(CN=Cc2ccc(N3CCCC3)c(C)c2)cc1. The van der Waals surface area contributed by atoms with Crippen molar-refractivity contribution in [2.24, 2.45) is 4.99 Å². The maximum Gasteiger partial charge on any atom is 0.118 e. The molecule has 0 bridgehead atoms. The predicted octanol–water partition coefficient (Wildman–Crippen LogP) is 4.22. The van der Waals surface area contributed by atoms with Gasteiger partial charge < -0.3 is 9.64 Å². The van der Waals surface area contributed by atoms with Gasteiger partial charge in [-0.25, -0.2) is 0 Å². The summed E-state index contributed by atoms with van der Waals surface area (Å²) in [6.45, 7) is 5.25. The van der Waals surface area contributed by atoms with Gasteiger partial charge in [0.05, 0.1) is 13.7 Å². The Bertz CT molecular complexity index is 671. The predicted molar refractivity (Wildman–Crippen MR) is 96.9 cm³/mol. The van der Waals surface area contributed by atoms with Crippen molar-refractivity contribution in [3.05, 3.63) is 59.2 Å². The maximum absolute atomic E-state index is 5.17. The van der Waals surface area contributed by atoms with Crippen LogP contribution >= 0.6 is 0 Å². The number of rotatable bonds is 5. The van der Waals surface area contributed by atoms with Crippen molar-refractivity contribution in [1.82, 2.24) is 0 Å². The molecule has 0 unspecified atom stereocenters. The molecule has 3 nitrogen and oxygen atoms in total. The van der Waals surface area contributed by atoms with E-state index in [-0.39, 0.29) is 0 Å². The number of nitrogens with zero attached hydrogens (tertiary/aromatic N) is 2. The van der Waals surface area contributed by atoms with E-state index in [2.05, 4.69) is 47.1 Å². The highest BCUT2D eigenvalue weighted by atomic mass is 16.5. The highest BCUT2D eigenvalue weighted by Gasteiger charge is 2.13. The number of anilines is 1. The molecular weight excluding hydrogens is 284 g/mol. The third kappa shape index (κ3) is 3.92. The second kappa shape index (κ2) is 7.32. The Hall–Kier alpha value is -2.29. The maximum atomic E-state index is 5.17. The van der Waals surface area contributed by atoms with Gasteiger partial charge in [-0.3, -0.25) is 4.99 Å². The lowest BCUT2D eigenvalue weighted by Gasteiger charge is -2.20. The van der Waals surface area contributed by atoms with Gasteiger partial charge in [0.15, 0.2) is 0 Å². The molecule has 0 aromatic heterocycles. The molecule has 23 heavy (non-hydrogen) atoms. The van der Waals surface area contributed by atoms with Gasteiger partial charge in [-0.05, 0) is 60.7 Å². The van der Waals surface area contributed by atoms with E-state index in [1.54, 1.807) is 7.11 Å². The largest absolute Gasteiger partial charge is 0.497 e. The summed E-state index contributed by atoms with van der Waals surface area (Å²) in [6, 6.07) is 14.7. The van der Waals surface area contributed by atoms with Crippen LogP contribution in [-0.4, -0.2) is 26.4 Å². The minimum atomic E-state index is 0.691.